The van der Waals surface area contributed by atoms with Crippen molar-refractivity contribution in [2.45, 2.75) is 53.0 Å². The molecule has 1 saturated carbocycles. The van der Waals surface area contributed by atoms with Crippen molar-refractivity contribution in [1.29, 1.82) is 0 Å². The Labute approximate surface area is 142 Å². The molecule has 1 N–H and O–H groups in total. The highest BCUT2D eigenvalue weighted by Crippen LogP contribution is 2.34. The van der Waals surface area contributed by atoms with E-state index in [-0.39, 0.29) is 5.91 Å². The highest BCUT2D eigenvalue weighted by molar-refractivity contribution is 7.20. The molecule has 0 spiro atoms. The number of aromatic nitrogens is 2. The maximum Gasteiger partial charge on any atom is 0.261 e. The summed E-state index contributed by atoms with van der Waals surface area (Å²) in [5.74, 6) is 1.98. The molecular formula is C18H27N3OS. The fourth-order valence-electron chi connectivity index (χ4n) is 3.92. The van der Waals surface area contributed by atoms with E-state index in [0.29, 0.717) is 23.8 Å². The Balaban J connectivity index is 1.79. The van der Waals surface area contributed by atoms with E-state index in [1.807, 2.05) is 24.7 Å². The lowest BCUT2D eigenvalue weighted by atomic mass is 9.74. The summed E-state index contributed by atoms with van der Waals surface area (Å²) in [6, 6.07) is 2.30. The minimum atomic E-state index is 0.0790. The van der Waals surface area contributed by atoms with Crippen LogP contribution in [-0.2, 0) is 7.05 Å². The summed E-state index contributed by atoms with van der Waals surface area (Å²) in [6.07, 6.45) is 3.60. The Kier molecular flexibility index (Phi) is 4.50. The Bertz CT molecular complexity index is 681. The number of hydrogen-bond donors (Lipinski definition) is 1. The van der Waals surface area contributed by atoms with Crippen LogP contribution in [0.3, 0.4) is 0 Å². The van der Waals surface area contributed by atoms with Crippen LogP contribution in [0.4, 0.5) is 0 Å². The van der Waals surface area contributed by atoms with Crippen molar-refractivity contribution in [3.63, 3.8) is 0 Å². The minimum absolute atomic E-state index is 0.0790. The summed E-state index contributed by atoms with van der Waals surface area (Å²) in [5.41, 5.74) is 0.990. The molecule has 0 aromatic carbocycles. The molecule has 1 fully saturated rings. The fourth-order valence-corrected chi connectivity index (χ4v) is 4.95. The number of amides is 1. The number of thiophene rings is 1. The number of carbonyl (C=O) groups is 1. The predicted octanol–water partition coefficient (Wildman–Crippen LogP) is 4.13. The van der Waals surface area contributed by atoms with Gasteiger partial charge in [0, 0.05) is 18.5 Å². The van der Waals surface area contributed by atoms with E-state index >= 15 is 0 Å². The van der Waals surface area contributed by atoms with Gasteiger partial charge in [0.25, 0.3) is 5.91 Å². The first-order chi connectivity index (χ1) is 10.9. The monoisotopic (exact) mass is 333 g/mol. The van der Waals surface area contributed by atoms with Crippen LogP contribution in [0.25, 0.3) is 10.2 Å². The molecule has 2 aromatic rings. The van der Waals surface area contributed by atoms with Gasteiger partial charge in [0.2, 0.25) is 0 Å². The van der Waals surface area contributed by atoms with E-state index in [9.17, 15) is 4.79 Å². The van der Waals surface area contributed by atoms with Crippen molar-refractivity contribution in [3.8, 4) is 0 Å². The van der Waals surface area contributed by atoms with Crippen LogP contribution in [0.15, 0.2) is 6.07 Å². The van der Waals surface area contributed by atoms with E-state index in [2.05, 4.69) is 31.2 Å². The summed E-state index contributed by atoms with van der Waals surface area (Å²) < 4.78 is 1.87. The van der Waals surface area contributed by atoms with Crippen molar-refractivity contribution in [3.05, 3.63) is 16.6 Å². The number of aryl methyl sites for hydroxylation is 2. The molecule has 1 aliphatic rings. The summed E-state index contributed by atoms with van der Waals surface area (Å²) in [6.45, 7) is 8.83. The maximum atomic E-state index is 12.7. The SMILES string of the molecule is Cc1nn(C)c2sc(C(=O)NC3CC(C)CCC3C(C)C)cc12. The fraction of sp³-hybridized carbons (Fsp3) is 0.667. The lowest BCUT2D eigenvalue weighted by Crippen LogP contribution is -2.45. The second-order valence-corrected chi connectivity index (χ2v) is 8.48. The van der Waals surface area contributed by atoms with Gasteiger partial charge in [-0.2, -0.15) is 5.10 Å². The van der Waals surface area contributed by atoms with Gasteiger partial charge in [-0.05, 0) is 43.6 Å². The third kappa shape index (κ3) is 3.16. The van der Waals surface area contributed by atoms with Gasteiger partial charge in [-0.15, -0.1) is 11.3 Å². The van der Waals surface area contributed by atoms with Crippen LogP contribution in [0, 0.1) is 24.7 Å². The van der Waals surface area contributed by atoms with Crippen LogP contribution in [0.1, 0.15) is 55.4 Å². The maximum absolute atomic E-state index is 12.7. The van der Waals surface area contributed by atoms with Gasteiger partial charge < -0.3 is 5.32 Å². The zero-order valence-corrected chi connectivity index (χ0v) is 15.5. The van der Waals surface area contributed by atoms with Gasteiger partial charge in [-0.1, -0.05) is 27.2 Å². The molecule has 1 aliphatic carbocycles. The summed E-state index contributed by atoms with van der Waals surface area (Å²) >= 11 is 1.54. The third-order valence-electron chi connectivity index (χ3n) is 5.26. The molecule has 0 bridgehead atoms. The van der Waals surface area contributed by atoms with Gasteiger partial charge >= 0.3 is 0 Å². The summed E-state index contributed by atoms with van der Waals surface area (Å²) in [5, 5.41) is 8.83. The molecule has 4 nitrogen and oxygen atoms in total. The average Bonchev–Trinajstić information content (AvgIpc) is 3.01. The van der Waals surface area contributed by atoms with Crippen molar-refractivity contribution in [2.75, 3.05) is 0 Å². The quantitative estimate of drug-likeness (QED) is 0.918. The van der Waals surface area contributed by atoms with Gasteiger partial charge in [0.15, 0.2) is 0 Å². The molecule has 2 aromatic heterocycles. The van der Waals surface area contributed by atoms with E-state index < -0.39 is 0 Å². The molecule has 126 valence electrons. The molecule has 0 radical (unpaired) electrons. The minimum Gasteiger partial charge on any atom is -0.348 e. The molecule has 0 saturated heterocycles. The largest absolute Gasteiger partial charge is 0.348 e. The molecule has 3 atom stereocenters. The molecule has 0 aliphatic heterocycles. The van der Waals surface area contributed by atoms with Crippen molar-refractivity contribution < 1.29 is 4.79 Å². The Hall–Kier alpha value is -1.36. The number of carbonyl (C=O) groups excluding carboxylic acids is 1. The number of rotatable bonds is 3. The average molecular weight is 334 g/mol. The Morgan fingerprint density at radius 1 is 1.43 bits per heavy atom. The van der Waals surface area contributed by atoms with Crippen LogP contribution in [0.5, 0.6) is 0 Å². The van der Waals surface area contributed by atoms with E-state index in [1.54, 1.807) is 11.3 Å². The van der Waals surface area contributed by atoms with Gasteiger partial charge in [0.1, 0.15) is 4.83 Å². The van der Waals surface area contributed by atoms with Crippen molar-refractivity contribution in [2.24, 2.45) is 24.8 Å². The molecule has 23 heavy (non-hydrogen) atoms. The lowest BCUT2D eigenvalue weighted by molar-refractivity contribution is 0.0872. The van der Waals surface area contributed by atoms with Gasteiger partial charge in [-0.25, -0.2) is 0 Å². The summed E-state index contributed by atoms with van der Waals surface area (Å²) in [4.78, 5) is 14.6. The van der Waals surface area contributed by atoms with Crippen LogP contribution < -0.4 is 5.32 Å². The lowest BCUT2D eigenvalue weighted by Gasteiger charge is -2.37. The van der Waals surface area contributed by atoms with Crippen molar-refractivity contribution >= 4 is 27.5 Å². The van der Waals surface area contributed by atoms with Crippen molar-refractivity contribution in [1.82, 2.24) is 15.1 Å². The predicted molar refractivity (Wildman–Crippen MR) is 95.9 cm³/mol. The first-order valence-corrected chi connectivity index (χ1v) is 9.42. The van der Waals surface area contributed by atoms with Crippen LogP contribution in [0.2, 0.25) is 0 Å². The molecule has 3 unspecified atom stereocenters. The second kappa shape index (κ2) is 6.27. The molecule has 2 heterocycles. The van der Waals surface area contributed by atoms with E-state index in [0.717, 1.165) is 27.2 Å². The van der Waals surface area contributed by atoms with Crippen LogP contribution in [-0.4, -0.2) is 21.7 Å². The smallest absolute Gasteiger partial charge is 0.261 e. The topological polar surface area (TPSA) is 46.9 Å². The first-order valence-electron chi connectivity index (χ1n) is 8.60. The number of nitrogens with one attached hydrogen (secondary N) is 1. The Morgan fingerprint density at radius 2 is 2.17 bits per heavy atom. The standard InChI is InChI=1S/C18H27N3OS/c1-10(2)13-7-6-11(3)8-15(13)19-17(22)16-9-14-12(4)20-21(5)18(14)23-16/h9-11,13,15H,6-8H2,1-5H3,(H,19,22). The highest BCUT2D eigenvalue weighted by Gasteiger charge is 2.32. The number of hydrogen-bond acceptors (Lipinski definition) is 3. The third-order valence-corrected chi connectivity index (χ3v) is 6.46. The van der Waals surface area contributed by atoms with Gasteiger partial charge in [0.05, 0.1) is 10.6 Å². The van der Waals surface area contributed by atoms with Crippen LogP contribution >= 0.6 is 11.3 Å². The zero-order chi connectivity index (χ0) is 16.7. The molecule has 1 amide bonds. The zero-order valence-electron chi connectivity index (χ0n) is 14.7. The number of fused-ring (bicyclic) bond motifs is 1. The van der Waals surface area contributed by atoms with E-state index in [4.69, 9.17) is 0 Å². The molecule has 5 heteroatoms. The second-order valence-electron chi connectivity index (χ2n) is 7.44. The van der Waals surface area contributed by atoms with Gasteiger partial charge in [-0.3, -0.25) is 9.48 Å². The molecule has 3 rings (SSSR count). The Morgan fingerprint density at radius 3 is 2.83 bits per heavy atom. The normalized spacial score (nSPS) is 25.2. The highest BCUT2D eigenvalue weighted by atomic mass is 32.1. The first kappa shape index (κ1) is 16.5. The summed E-state index contributed by atoms with van der Waals surface area (Å²) in [7, 11) is 1.94. The van der Waals surface area contributed by atoms with E-state index in [1.165, 1.54) is 12.8 Å². The molecular weight excluding hydrogens is 306 g/mol. The number of nitrogens with zero attached hydrogens (tertiary/aromatic N) is 2.